The van der Waals surface area contributed by atoms with Crippen LogP contribution in [0.3, 0.4) is 0 Å². The van der Waals surface area contributed by atoms with Crippen molar-refractivity contribution in [2.24, 2.45) is 0 Å². The van der Waals surface area contributed by atoms with Crippen LogP contribution in [0.15, 0.2) is 47.3 Å². The number of benzene rings is 2. The van der Waals surface area contributed by atoms with Gasteiger partial charge in [0.15, 0.2) is 5.52 Å². The lowest BCUT2D eigenvalue weighted by molar-refractivity contribution is -0.119. The maximum atomic E-state index is 13.1. The first-order chi connectivity index (χ1) is 14.9. The van der Waals surface area contributed by atoms with E-state index >= 15 is 0 Å². The Morgan fingerprint density at radius 2 is 1.94 bits per heavy atom. The molecule has 0 N–H and O–H groups in total. The molecule has 7 heteroatoms. The highest BCUT2D eigenvalue weighted by atomic mass is 32.1. The molecule has 0 bridgehead atoms. The number of hydrogen-bond donors (Lipinski definition) is 0. The lowest BCUT2D eigenvalue weighted by Gasteiger charge is -2.18. The summed E-state index contributed by atoms with van der Waals surface area (Å²) in [6.07, 6.45) is 0.822. The molecule has 0 saturated heterocycles. The van der Waals surface area contributed by atoms with Crippen molar-refractivity contribution in [1.82, 2.24) is 14.8 Å². The number of hydrogen-bond acceptors (Lipinski definition) is 5. The van der Waals surface area contributed by atoms with E-state index in [1.165, 1.54) is 16.0 Å². The van der Waals surface area contributed by atoms with E-state index < -0.39 is 0 Å². The molecule has 1 amide bonds. The molecule has 3 heterocycles. The molecular formula is C24H22N4O2S. The van der Waals surface area contributed by atoms with Crippen LogP contribution in [0.2, 0.25) is 0 Å². The van der Waals surface area contributed by atoms with E-state index in [0.29, 0.717) is 17.8 Å². The second-order valence-corrected chi connectivity index (χ2v) is 9.17. The Labute approximate surface area is 183 Å². The van der Waals surface area contributed by atoms with Gasteiger partial charge in [0.25, 0.3) is 5.56 Å². The van der Waals surface area contributed by atoms with Gasteiger partial charge in [0, 0.05) is 17.8 Å². The second-order valence-electron chi connectivity index (χ2n) is 7.96. The minimum atomic E-state index is -0.325. The third kappa shape index (κ3) is 3.35. The van der Waals surface area contributed by atoms with E-state index in [-0.39, 0.29) is 18.0 Å². The molecule has 2 aromatic heterocycles. The quantitative estimate of drug-likeness (QED) is 0.492. The van der Waals surface area contributed by atoms with Crippen LogP contribution in [0.5, 0.6) is 0 Å². The zero-order valence-electron chi connectivity index (χ0n) is 17.7. The highest BCUT2D eigenvalue weighted by molar-refractivity contribution is 7.19. The summed E-state index contributed by atoms with van der Waals surface area (Å²) >= 11 is 1.46. The van der Waals surface area contributed by atoms with Crippen molar-refractivity contribution in [2.45, 2.75) is 33.7 Å². The van der Waals surface area contributed by atoms with Crippen LogP contribution >= 0.6 is 11.3 Å². The predicted octanol–water partition coefficient (Wildman–Crippen LogP) is 4.03. The summed E-state index contributed by atoms with van der Waals surface area (Å²) in [6, 6.07) is 14.0. The third-order valence-corrected chi connectivity index (χ3v) is 6.69. The van der Waals surface area contributed by atoms with Crippen molar-refractivity contribution in [3.8, 4) is 11.3 Å². The summed E-state index contributed by atoms with van der Waals surface area (Å²) in [7, 11) is 0. The number of nitrogens with zero attached hydrogens (tertiary/aromatic N) is 4. The predicted molar refractivity (Wildman–Crippen MR) is 124 cm³/mol. The highest BCUT2D eigenvalue weighted by Gasteiger charge is 2.26. The summed E-state index contributed by atoms with van der Waals surface area (Å²) in [5.41, 5.74) is 6.01. The van der Waals surface area contributed by atoms with Crippen molar-refractivity contribution < 1.29 is 4.79 Å². The molecule has 2 aromatic carbocycles. The first kappa shape index (κ1) is 19.6. The Morgan fingerprint density at radius 1 is 1.13 bits per heavy atom. The average Bonchev–Trinajstić information content (AvgIpc) is 3.34. The Morgan fingerprint density at radius 3 is 2.74 bits per heavy atom. The number of thiazole rings is 1. The number of fused-ring (bicyclic) bond motifs is 2. The second kappa shape index (κ2) is 7.42. The monoisotopic (exact) mass is 430 g/mol. The lowest BCUT2D eigenvalue weighted by Crippen LogP contribution is -2.36. The summed E-state index contributed by atoms with van der Waals surface area (Å²) in [6.45, 7) is 6.47. The van der Waals surface area contributed by atoms with Gasteiger partial charge in [0.1, 0.15) is 12.2 Å². The summed E-state index contributed by atoms with van der Waals surface area (Å²) in [5, 5.41) is 5.47. The van der Waals surface area contributed by atoms with Gasteiger partial charge >= 0.3 is 0 Å². The van der Waals surface area contributed by atoms with Gasteiger partial charge in [-0.1, -0.05) is 42.0 Å². The van der Waals surface area contributed by atoms with Crippen molar-refractivity contribution in [1.29, 1.82) is 0 Å². The van der Waals surface area contributed by atoms with Crippen LogP contribution in [0.1, 0.15) is 21.7 Å². The van der Waals surface area contributed by atoms with Crippen LogP contribution in [0.4, 0.5) is 5.69 Å². The molecule has 6 nitrogen and oxygen atoms in total. The molecule has 1 aliphatic rings. The number of para-hydroxylation sites is 1. The molecule has 0 fully saturated rings. The van der Waals surface area contributed by atoms with E-state index in [1.54, 1.807) is 4.90 Å². The van der Waals surface area contributed by atoms with E-state index in [2.05, 4.69) is 16.1 Å². The lowest BCUT2D eigenvalue weighted by atomic mass is 10.0. The molecule has 31 heavy (non-hydrogen) atoms. The maximum absolute atomic E-state index is 13.1. The van der Waals surface area contributed by atoms with Crippen molar-refractivity contribution in [2.75, 3.05) is 11.4 Å². The molecule has 4 aromatic rings. The minimum absolute atomic E-state index is 0.114. The SMILES string of the molecule is Cc1ccc(-c2nn(CC(=O)N3CCc4ccccc43)c(=O)c3nc(C)sc23)c(C)c1. The van der Waals surface area contributed by atoms with Gasteiger partial charge < -0.3 is 4.90 Å². The van der Waals surface area contributed by atoms with Crippen molar-refractivity contribution >= 4 is 33.1 Å². The van der Waals surface area contributed by atoms with Gasteiger partial charge in [-0.2, -0.15) is 5.10 Å². The summed E-state index contributed by atoms with van der Waals surface area (Å²) in [4.78, 5) is 32.5. The number of aryl methyl sites for hydroxylation is 3. The fraction of sp³-hybridized carbons (Fsp3) is 0.250. The smallest absolute Gasteiger partial charge is 0.294 e. The van der Waals surface area contributed by atoms with E-state index in [4.69, 9.17) is 0 Å². The maximum Gasteiger partial charge on any atom is 0.294 e. The first-order valence-corrected chi connectivity index (χ1v) is 11.1. The van der Waals surface area contributed by atoms with Crippen molar-refractivity contribution in [3.63, 3.8) is 0 Å². The molecule has 0 aliphatic carbocycles. The van der Waals surface area contributed by atoms with Crippen molar-refractivity contribution in [3.05, 3.63) is 74.5 Å². The van der Waals surface area contributed by atoms with E-state index in [1.807, 2.05) is 57.2 Å². The molecular weight excluding hydrogens is 408 g/mol. The number of aromatic nitrogens is 3. The zero-order chi connectivity index (χ0) is 21.7. The zero-order valence-corrected chi connectivity index (χ0v) is 18.5. The van der Waals surface area contributed by atoms with Gasteiger partial charge in [-0.25, -0.2) is 9.67 Å². The molecule has 5 rings (SSSR count). The molecule has 0 radical (unpaired) electrons. The fourth-order valence-corrected chi connectivity index (χ4v) is 5.15. The minimum Gasteiger partial charge on any atom is -0.310 e. The van der Waals surface area contributed by atoms with Gasteiger partial charge in [-0.15, -0.1) is 11.3 Å². The van der Waals surface area contributed by atoms with Crippen LogP contribution < -0.4 is 10.5 Å². The first-order valence-electron chi connectivity index (χ1n) is 10.3. The Hall–Kier alpha value is -3.32. The summed E-state index contributed by atoms with van der Waals surface area (Å²) < 4.78 is 2.05. The van der Waals surface area contributed by atoms with E-state index in [0.717, 1.165) is 44.1 Å². The number of carbonyl (C=O) groups is 1. The van der Waals surface area contributed by atoms with Crippen LogP contribution in [-0.2, 0) is 17.8 Å². The largest absolute Gasteiger partial charge is 0.310 e. The van der Waals surface area contributed by atoms with Crippen LogP contribution in [-0.4, -0.2) is 27.2 Å². The molecule has 0 spiro atoms. The van der Waals surface area contributed by atoms with Gasteiger partial charge in [-0.3, -0.25) is 9.59 Å². The standard InChI is InChI=1S/C24H22N4O2S/c1-14-8-9-18(15(2)12-14)21-23-22(25-16(3)31-23)24(30)28(26-21)13-20(29)27-11-10-17-6-4-5-7-19(17)27/h4-9,12H,10-11,13H2,1-3H3. The van der Waals surface area contributed by atoms with Gasteiger partial charge in [-0.05, 0) is 44.4 Å². The average molecular weight is 431 g/mol. The highest BCUT2D eigenvalue weighted by Crippen LogP contribution is 2.32. The third-order valence-electron chi connectivity index (χ3n) is 5.72. The van der Waals surface area contributed by atoms with Crippen LogP contribution in [0, 0.1) is 20.8 Å². The summed E-state index contributed by atoms with van der Waals surface area (Å²) in [5.74, 6) is -0.141. The molecule has 0 unspecified atom stereocenters. The fourth-order valence-electron chi connectivity index (χ4n) is 4.24. The molecule has 0 atom stereocenters. The Bertz CT molecular complexity index is 1400. The topological polar surface area (TPSA) is 68.1 Å². The molecule has 0 saturated carbocycles. The Balaban J connectivity index is 1.60. The Kier molecular flexibility index (Phi) is 4.70. The normalized spacial score (nSPS) is 13.1. The number of rotatable bonds is 3. The molecule has 156 valence electrons. The van der Waals surface area contributed by atoms with Crippen LogP contribution in [0.25, 0.3) is 21.5 Å². The van der Waals surface area contributed by atoms with Gasteiger partial charge in [0.2, 0.25) is 5.91 Å². The number of anilines is 1. The molecule has 1 aliphatic heterocycles. The number of amides is 1. The van der Waals surface area contributed by atoms with E-state index in [9.17, 15) is 9.59 Å². The number of carbonyl (C=O) groups excluding carboxylic acids is 1. The van der Waals surface area contributed by atoms with Gasteiger partial charge in [0.05, 0.1) is 9.71 Å².